The van der Waals surface area contributed by atoms with Gasteiger partial charge in [0.05, 0.1) is 18.4 Å². The number of benzene rings is 1. The van der Waals surface area contributed by atoms with E-state index < -0.39 is 0 Å². The van der Waals surface area contributed by atoms with Gasteiger partial charge in [0, 0.05) is 6.21 Å². The molecule has 20 heavy (non-hydrogen) atoms. The van der Waals surface area contributed by atoms with Gasteiger partial charge in [-0.25, -0.2) is 4.79 Å². The summed E-state index contributed by atoms with van der Waals surface area (Å²) in [7, 11) is 1.39. The van der Waals surface area contributed by atoms with Gasteiger partial charge in [-0.2, -0.15) is 0 Å². The van der Waals surface area contributed by atoms with E-state index in [-0.39, 0.29) is 5.97 Å². The van der Waals surface area contributed by atoms with Gasteiger partial charge in [-0.05, 0) is 43.7 Å². The van der Waals surface area contributed by atoms with Crippen molar-refractivity contribution in [2.45, 2.75) is 26.7 Å². The van der Waals surface area contributed by atoms with Crippen LogP contribution in [-0.4, -0.2) is 19.3 Å². The fourth-order valence-electron chi connectivity index (χ4n) is 2.76. The summed E-state index contributed by atoms with van der Waals surface area (Å²) in [5.74, 6) is 0.697. The quantitative estimate of drug-likeness (QED) is 0.470. The third-order valence-corrected chi connectivity index (χ3v) is 3.56. The molecule has 0 saturated carbocycles. The summed E-state index contributed by atoms with van der Waals surface area (Å²) in [4.78, 5) is 16.2. The van der Waals surface area contributed by atoms with Gasteiger partial charge in [-0.3, -0.25) is 4.99 Å². The third kappa shape index (κ3) is 3.56. The second-order valence-corrected chi connectivity index (χ2v) is 5.48. The van der Waals surface area contributed by atoms with Crippen molar-refractivity contribution in [3.8, 4) is 0 Å². The second-order valence-electron chi connectivity index (χ2n) is 5.48. The lowest BCUT2D eigenvalue weighted by atomic mass is 9.84. The van der Waals surface area contributed by atoms with Crippen molar-refractivity contribution < 1.29 is 9.53 Å². The molecule has 0 aliphatic heterocycles. The van der Waals surface area contributed by atoms with Crippen LogP contribution in [0.4, 0.5) is 5.69 Å². The number of allylic oxidation sites excluding steroid dienone is 2. The number of carbonyl (C=O) groups is 1. The maximum atomic E-state index is 11.7. The number of carbonyl (C=O) groups excluding carboxylic acids is 1. The highest BCUT2D eigenvalue weighted by molar-refractivity contribution is 5.95. The van der Waals surface area contributed by atoms with Crippen LogP contribution < -0.4 is 0 Å². The minimum atomic E-state index is -0.342. The molecule has 1 aromatic rings. The first-order valence-electron chi connectivity index (χ1n) is 6.99. The van der Waals surface area contributed by atoms with E-state index in [1.807, 2.05) is 24.4 Å². The van der Waals surface area contributed by atoms with E-state index >= 15 is 0 Å². The molecule has 2 atom stereocenters. The first kappa shape index (κ1) is 14.5. The zero-order chi connectivity index (χ0) is 14.5. The molecule has 1 aliphatic carbocycles. The molecule has 0 saturated heterocycles. The molecular formula is C17H21NO2. The Bertz CT molecular complexity index is 546. The molecule has 106 valence electrons. The largest absolute Gasteiger partial charge is 0.465 e. The third-order valence-electron chi connectivity index (χ3n) is 3.56. The van der Waals surface area contributed by atoms with Gasteiger partial charge < -0.3 is 4.74 Å². The molecular weight excluding hydrogens is 250 g/mol. The van der Waals surface area contributed by atoms with E-state index in [1.54, 1.807) is 6.07 Å². The SMILES string of the molecule is COC(=O)c1ccccc1N=CC1CC(C)=CC(C)C1. The van der Waals surface area contributed by atoms with E-state index in [0.717, 1.165) is 12.8 Å². The van der Waals surface area contributed by atoms with Crippen molar-refractivity contribution in [2.24, 2.45) is 16.8 Å². The first-order chi connectivity index (χ1) is 9.60. The Morgan fingerprint density at radius 3 is 2.85 bits per heavy atom. The smallest absolute Gasteiger partial charge is 0.340 e. The van der Waals surface area contributed by atoms with Gasteiger partial charge in [-0.15, -0.1) is 0 Å². The zero-order valence-corrected chi connectivity index (χ0v) is 12.3. The van der Waals surface area contributed by atoms with Crippen LogP contribution in [0, 0.1) is 11.8 Å². The molecule has 0 heterocycles. The number of nitrogens with zero attached hydrogens (tertiary/aromatic N) is 1. The van der Waals surface area contributed by atoms with Crippen LogP contribution in [0.2, 0.25) is 0 Å². The maximum Gasteiger partial charge on any atom is 0.340 e. The predicted octanol–water partition coefficient (Wildman–Crippen LogP) is 4.17. The zero-order valence-electron chi connectivity index (χ0n) is 12.3. The van der Waals surface area contributed by atoms with Crippen molar-refractivity contribution in [2.75, 3.05) is 7.11 Å². The van der Waals surface area contributed by atoms with E-state index in [1.165, 1.54) is 12.7 Å². The maximum absolute atomic E-state index is 11.7. The van der Waals surface area contributed by atoms with Crippen molar-refractivity contribution >= 4 is 17.9 Å². The predicted molar refractivity (Wildman–Crippen MR) is 81.6 cm³/mol. The van der Waals surface area contributed by atoms with Crippen molar-refractivity contribution in [1.29, 1.82) is 0 Å². The Morgan fingerprint density at radius 2 is 2.15 bits per heavy atom. The van der Waals surface area contributed by atoms with Gasteiger partial charge in [0.2, 0.25) is 0 Å². The molecule has 3 nitrogen and oxygen atoms in total. The van der Waals surface area contributed by atoms with Crippen molar-refractivity contribution in [3.05, 3.63) is 41.5 Å². The molecule has 1 aliphatic rings. The standard InChI is InChI=1S/C17H21NO2/c1-12-8-13(2)10-14(9-12)11-18-16-7-5-4-6-15(16)17(19)20-3/h4-8,11-12,14H,9-10H2,1-3H3. The Kier molecular flexibility index (Phi) is 4.72. The van der Waals surface area contributed by atoms with Crippen LogP contribution >= 0.6 is 0 Å². The van der Waals surface area contributed by atoms with Gasteiger partial charge in [0.1, 0.15) is 0 Å². The van der Waals surface area contributed by atoms with Crippen LogP contribution in [0.3, 0.4) is 0 Å². The van der Waals surface area contributed by atoms with E-state index in [2.05, 4.69) is 24.9 Å². The number of para-hydroxylation sites is 1. The lowest BCUT2D eigenvalue weighted by Crippen LogP contribution is -2.12. The number of esters is 1. The number of hydrogen-bond donors (Lipinski definition) is 0. The topological polar surface area (TPSA) is 38.7 Å². The highest BCUT2D eigenvalue weighted by atomic mass is 16.5. The molecule has 2 unspecified atom stereocenters. The highest BCUT2D eigenvalue weighted by Gasteiger charge is 2.16. The molecule has 0 spiro atoms. The van der Waals surface area contributed by atoms with E-state index in [9.17, 15) is 4.79 Å². The lowest BCUT2D eigenvalue weighted by Gasteiger charge is -2.22. The van der Waals surface area contributed by atoms with Gasteiger partial charge in [0.15, 0.2) is 0 Å². The normalized spacial score (nSPS) is 22.6. The molecule has 0 bridgehead atoms. The monoisotopic (exact) mass is 271 g/mol. The summed E-state index contributed by atoms with van der Waals surface area (Å²) in [5, 5.41) is 0. The average molecular weight is 271 g/mol. The van der Waals surface area contributed by atoms with Crippen LogP contribution in [0.1, 0.15) is 37.0 Å². The van der Waals surface area contributed by atoms with Gasteiger partial charge in [0.25, 0.3) is 0 Å². The molecule has 2 rings (SSSR count). The van der Waals surface area contributed by atoms with E-state index in [4.69, 9.17) is 4.74 Å². The average Bonchev–Trinajstić information content (AvgIpc) is 2.43. The second kappa shape index (κ2) is 6.51. The molecule has 0 fully saturated rings. The first-order valence-corrected chi connectivity index (χ1v) is 6.99. The summed E-state index contributed by atoms with van der Waals surface area (Å²) in [6.45, 7) is 4.39. The summed E-state index contributed by atoms with van der Waals surface area (Å²) < 4.78 is 4.78. The Morgan fingerprint density at radius 1 is 1.40 bits per heavy atom. The van der Waals surface area contributed by atoms with Crippen LogP contribution in [0.5, 0.6) is 0 Å². The van der Waals surface area contributed by atoms with Crippen molar-refractivity contribution in [1.82, 2.24) is 0 Å². The molecule has 1 aromatic carbocycles. The fourth-order valence-corrected chi connectivity index (χ4v) is 2.76. The molecule has 3 heteroatoms. The molecule has 0 aromatic heterocycles. The highest BCUT2D eigenvalue weighted by Crippen LogP contribution is 2.28. The summed E-state index contributed by atoms with van der Waals surface area (Å²) in [5.41, 5.74) is 2.61. The van der Waals surface area contributed by atoms with Crippen LogP contribution in [-0.2, 0) is 4.74 Å². The van der Waals surface area contributed by atoms with E-state index in [0.29, 0.717) is 23.1 Å². The summed E-state index contributed by atoms with van der Waals surface area (Å²) in [6.07, 6.45) is 6.47. The molecule has 0 amide bonds. The number of aliphatic imine (C=N–C) groups is 1. The summed E-state index contributed by atoms with van der Waals surface area (Å²) >= 11 is 0. The lowest BCUT2D eigenvalue weighted by molar-refractivity contribution is 0.0601. The van der Waals surface area contributed by atoms with Crippen molar-refractivity contribution in [3.63, 3.8) is 0 Å². The number of rotatable bonds is 3. The number of methoxy groups -OCH3 is 1. The Hall–Kier alpha value is -1.90. The molecule has 0 N–H and O–H groups in total. The minimum absolute atomic E-state index is 0.342. The Balaban J connectivity index is 2.16. The fraction of sp³-hybridized carbons (Fsp3) is 0.412. The number of ether oxygens (including phenoxy) is 1. The molecule has 0 radical (unpaired) electrons. The summed E-state index contributed by atoms with van der Waals surface area (Å²) in [6, 6.07) is 7.29. The van der Waals surface area contributed by atoms with Gasteiger partial charge in [-0.1, -0.05) is 30.7 Å². The minimum Gasteiger partial charge on any atom is -0.465 e. The number of hydrogen-bond acceptors (Lipinski definition) is 3. The van der Waals surface area contributed by atoms with Crippen LogP contribution in [0.15, 0.2) is 40.9 Å². The van der Waals surface area contributed by atoms with Crippen LogP contribution in [0.25, 0.3) is 0 Å². The van der Waals surface area contributed by atoms with Gasteiger partial charge >= 0.3 is 5.97 Å². The Labute approximate surface area is 120 Å².